The van der Waals surface area contributed by atoms with Gasteiger partial charge in [-0.25, -0.2) is 0 Å². The van der Waals surface area contributed by atoms with Crippen LogP contribution in [0.15, 0.2) is 12.4 Å². The van der Waals surface area contributed by atoms with Crippen LogP contribution in [-0.2, 0) is 7.05 Å². The van der Waals surface area contributed by atoms with Gasteiger partial charge in [-0.15, -0.1) is 0 Å². The third kappa shape index (κ3) is 3.47. The Labute approximate surface area is 85.5 Å². The zero-order chi connectivity index (χ0) is 10.8. The monoisotopic (exact) mass is 196 g/mol. The summed E-state index contributed by atoms with van der Waals surface area (Å²) in [6, 6.07) is 0.0166. The van der Waals surface area contributed by atoms with Crippen LogP contribution < -0.4 is 11.1 Å². The highest BCUT2D eigenvalue weighted by Crippen LogP contribution is 2.08. The van der Waals surface area contributed by atoms with Crippen molar-refractivity contribution in [3.8, 4) is 0 Å². The maximum Gasteiger partial charge on any atom is 0.0537 e. The Bertz CT molecular complexity index is 285. The van der Waals surface area contributed by atoms with Crippen molar-refractivity contribution in [3.05, 3.63) is 18.0 Å². The molecule has 0 radical (unpaired) electrons. The highest BCUT2D eigenvalue weighted by atomic mass is 15.2. The lowest BCUT2D eigenvalue weighted by Gasteiger charge is -2.22. The molecule has 1 heterocycles. The SMILES string of the molecule is Cn1cc(C(N)CNC(C)(C)C)cn1. The molecular formula is C10H20N4. The Balaban J connectivity index is 2.47. The molecule has 0 spiro atoms. The van der Waals surface area contributed by atoms with E-state index in [4.69, 9.17) is 5.73 Å². The summed E-state index contributed by atoms with van der Waals surface area (Å²) in [5, 5.41) is 7.46. The molecule has 0 fully saturated rings. The number of nitrogens with zero attached hydrogens (tertiary/aromatic N) is 2. The smallest absolute Gasteiger partial charge is 0.0537 e. The van der Waals surface area contributed by atoms with Crippen molar-refractivity contribution in [1.29, 1.82) is 0 Å². The van der Waals surface area contributed by atoms with E-state index in [1.807, 2.05) is 19.4 Å². The number of hydrogen-bond acceptors (Lipinski definition) is 3. The van der Waals surface area contributed by atoms with Crippen molar-refractivity contribution in [2.75, 3.05) is 6.54 Å². The number of nitrogens with two attached hydrogens (primary N) is 1. The number of nitrogens with one attached hydrogen (secondary N) is 1. The number of rotatable bonds is 3. The summed E-state index contributed by atoms with van der Waals surface area (Å²) in [5.41, 5.74) is 7.18. The van der Waals surface area contributed by atoms with Gasteiger partial charge in [-0.2, -0.15) is 5.10 Å². The van der Waals surface area contributed by atoms with Gasteiger partial charge in [-0.3, -0.25) is 4.68 Å². The fourth-order valence-electron chi connectivity index (χ4n) is 1.17. The summed E-state index contributed by atoms with van der Waals surface area (Å²) in [7, 11) is 1.90. The molecule has 0 aliphatic heterocycles. The molecule has 80 valence electrons. The molecule has 1 aromatic rings. The first-order chi connectivity index (χ1) is 6.38. The van der Waals surface area contributed by atoms with Gasteiger partial charge in [0.15, 0.2) is 0 Å². The molecule has 0 aromatic carbocycles. The van der Waals surface area contributed by atoms with E-state index in [-0.39, 0.29) is 11.6 Å². The first-order valence-electron chi connectivity index (χ1n) is 4.87. The zero-order valence-corrected chi connectivity index (χ0v) is 9.41. The molecule has 1 unspecified atom stereocenters. The molecule has 1 rings (SSSR count). The first-order valence-corrected chi connectivity index (χ1v) is 4.87. The Morgan fingerprint density at radius 2 is 2.21 bits per heavy atom. The quantitative estimate of drug-likeness (QED) is 0.752. The van der Waals surface area contributed by atoms with Crippen LogP contribution in [0.2, 0.25) is 0 Å². The largest absolute Gasteiger partial charge is 0.323 e. The van der Waals surface area contributed by atoms with Crippen LogP contribution in [0, 0.1) is 0 Å². The predicted molar refractivity (Wildman–Crippen MR) is 57.9 cm³/mol. The van der Waals surface area contributed by atoms with Crippen molar-refractivity contribution in [1.82, 2.24) is 15.1 Å². The lowest BCUT2D eigenvalue weighted by Crippen LogP contribution is -2.40. The van der Waals surface area contributed by atoms with Crippen molar-refractivity contribution < 1.29 is 0 Å². The van der Waals surface area contributed by atoms with Crippen molar-refractivity contribution >= 4 is 0 Å². The van der Waals surface area contributed by atoms with Gasteiger partial charge in [0.2, 0.25) is 0 Å². The minimum absolute atomic E-state index is 0.0166. The van der Waals surface area contributed by atoms with Crippen LogP contribution in [0.4, 0.5) is 0 Å². The molecule has 0 saturated carbocycles. The van der Waals surface area contributed by atoms with E-state index < -0.39 is 0 Å². The molecule has 4 heteroatoms. The minimum atomic E-state index is 0.0166. The van der Waals surface area contributed by atoms with E-state index in [1.54, 1.807) is 4.68 Å². The number of aryl methyl sites for hydroxylation is 1. The van der Waals surface area contributed by atoms with Crippen molar-refractivity contribution in [2.45, 2.75) is 32.4 Å². The van der Waals surface area contributed by atoms with Gasteiger partial charge in [0.25, 0.3) is 0 Å². The molecule has 0 bridgehead atoms. The summed E-state index contributed by atoms with van der Waals surface area (Å²) < 4.78 is 1.77. The normalized spacial score (nSPS) is 14.4. The topological polar surface area (TPSA) is 55.9 Å². The molecule has 14 heavy (non-hydrogen) atoms. The molecule has 1 atom stereocenters. The van der Waals surface area contributed by atoms with Crippen LogP contribution in [0.1, 0.15) is 32.4 Å². The molecule has 0 amide bonds. The summed E-state index contributed by atoms with van der Waals surface area (Å²) >= 11 is 0. The molecule has 0 aliphatic rings. The summed E-state index contributed by atoms with van der Waals surface area (Å²) in [5.74, 6) is 0. The molecule has 1 aromatic heterocycles. The standard InChI is InChI=1S/C10H20N4/c1-10(2,3)12-6-9(11)8-5-13-14(4)7-8/h5,7,9,12H,6,11H2,1-4H3. The lowest BCUT2D eigenvalue weighted by molar-refractivity contribution is 0.408. The van der Waals surface area contributed by atoms with Crippen molar-refractivity contribution in [2.24, 2.45) is 12.8 Å². The maximum atomic E-state index is 6.00. The van der Waals surface area contributed by atoms with E-state index >= 15 is 0 Å². The predicted octanol–water partition coefficient (Wildman–Crippen LogP) is 0.808. The zero-order valence-electron chi connectivity index (χ0n) is 9.41. The van der Waals surface area contributed by atoms with Crippen LogP contribution in [0.25, 0.3) is 0 Å². The fraction of sp³-hybridized carbons (Fsp3) is 0.700. The molecule has 3 N–H and O–H groups in total. The maximum absolute atomic E-state index is 6.00. The Morgan fingerprint density at radius 3 is 2.64 bits per heavy atom. The van der Waals surface area contributed by atoms with E-state index in [0.717, 1.165) is 12.1 Å². The second kappa shape index (κ2) is 4.11. The van der Waals surface area contributed by atoms with Gasteiger partial charge in [0, 0.05) is 36.9 Å². The van der Waals surface area contributed by atoms with Crippen molar-refractivity contribution in [3.63, 3.8) is 0 Å². The second-order valence-corrected chi connectivity index (χ2v) is 4.68. The van der Waals surface area contributed by atoms with Gasteiger partial charge >= 0.3 is 0 Å². The van der Waals surface area contributed by atoms with Gasteiger partial charge in [0.1, 0.15) is 0 Å². The molecule has 0 aliphatic carbocycles. The Morgan fingerprint density at radius 1 is 1.57 bits per heavy atom. The Kier molecular flexibility index (Phi) is 3.29. The third-order valence-corrected chi connectivity index (χ3v) is 2.01. The van der Waals surface area contributed by atoms with Crippen LogP contribution in [0.3, 0.4) is 0 Å². The Hall–Kier alpha value is -0.870. The van der Waals surface area contributed by atoms with E-state index in [2.05, 4.69) is 31.2 Å². The minimum Gasteiger partial charge on any atom is -0.323 e. The van der Waals surface area contributed by atoms with Gasteiger partial charge in [-0.1, -0.05) is 0 Å². The van der Waals surface area contributed by atoms with Gasteiger partial charge < -0.3 is 11.1 Å². The van der Waals surface area contributed by atoms with Crippen LogP contribution in [0.5, 0.6) is 0 Å². The summed E-state index contributed by atoms with van der Waals surface area (Å²) in [4.78, 5) is 0. The van der Waals surface area contributed by atoms with Gasteiger partial charge in [-0.05, 0) is 20.8 Å². The average molecular weight is 196 g/mol. The highest BCUT2D eigenvalue weighted by molar-refractivity contribution is 5.10. The molecular weight excluding hydrogens is 176 g/mol. The molecule has 0 saturated heterocycles. The van der Waals surface area contributed by atoms with E-state index in [1.165, 1.54) is 0 Å². The average Bonchev–Trinajstić information content (AvgIpc) is 2.46. The lowest BCUT2D eigenvalue weighted by atomic mass is 10.1. The van der Waals surface area contributed by atoms with E-state index in [9.17, 15) is 0 Å². The summed E-state index contributed by atoms with van der Waals surface area (Å²) in [6.45, 7) is 7.16. The second-order valence-electron chi connectivity index (χ2n) is 4.68. The highest BCUT2D eigenvalue weighted by Gasteiger charge is 2.13. The fourth-order valence-corrected chi connectivity index (χ4v) is 1.17. The number of aromatic nitrogens is 2. The number of hydrogen-bond donors (Lipinski definition) is 2. The van der Waals surface area contributed by atoms with Gasteiger partial charge in [0.05, 0.1) is 6.20 Å². The van der Waals surface area contributed by atoms with E-state index in [0.29, 0.717) is 0 Å². The van der Waals surface area contributed by atoms with Crippen LogP contribution >= 0.6 is 0 Å². The first kappa shape index (κ1) is 11.2. The summed E-state index contributed by atoms with van der Waals surface area (Å²) in [6.07, 6.45) is 3.77. The van der Waals surface area contributed by atoms with Crippen LogP contribution in [-0.4, -0.2) is 21.9 Å². The third-order valence-electron chi connectivity index (χ3n) is 2.01. The molecule has 4 nitrogen and oxygen atoms in total.